The van der Waals surface area contributed by atoms with Gasteiger partial charge >= 0.3 is 0 Å². The highest BCUT2D eigenvalue weighted by Gasteiger charge is 2.22. The van der Waals surface area contributed by atoms with E-state index in [-0.39, 0.29) is 0 Å². The number of rotatable bonds is 4. The number of piperidine rings is 1. The maximum absolute atomic E-state index is 5.00. The van der Waals surface area contributed by atoms with E-state index in [1.165, 1.54) is 85.2 Å². The van der Waals surface area contributed by atoms with E-state index in [1.54, 1.807) is 11.2 Å². The van der Waals surface area contributed by atoms with Crippen LogP contribution in [0.15, 0.2) is 11.5 Å². The normalized spacial score (nSPS) is 18.9. The lowest BCUT2D eigenvalue weighted by molar-refractivity contribution is -0.902. The number of aryl methyl sites for hydroxylation is 2. The van der Waals surface area contributed by atoms with Gasteiger partial charge in [-0.2, -0.15) is 9.61 Å². The van der Waals surface area contributed by atoms with Crippen LogP contribution in [0.5, 0.6) is 0 Å². The van der Waals surface area contributed by atoms with E-state index in [1.807, 2.05) is 27.6 Å². The fourth-order valence-electron chi connectivity index (χ4n) is 4.23. The van der Waals surface area contributed by atoms with Gasteiger partial charge in [0, 0.05) is 4.88 Å². The van der Waals surface area contributed by atoms with Gasteiger partial charge in [-0.15, -0.1) is 11.3 Å². The summed E-state index contributed by atoms with van der Waals surface area (Å²) < 4.78 is 1.97. The average Bonchev–Trinajstić information content (AvgIpc) is 3.26. The maximum atomic E-state index is 5.00. The number of thiophene rings is 1. The molecule has 4 heterocycles. The number of likely N-dealkylation sites (tertiary alicyclic amines) is 1. The summed E-state index contributed by atoms with van der Waals surface area (Å²) in [4.78, 5) is 14.0. The Hall–Kier alpha value is -1.18. The highest BCUT2D eigenvalue weighted by atomic mass is 32.2. The predicted molar refractivity (Wildman–Crippen MR) is 103 cm³/mol. The van der Waals surface area contributed by atoms with Crippen LogP contribution in [0, 0.1) is 0 Å². The second kappa shape index (κ2) is 6.85. The molecule has 1 fully saturated rings. The third-order valence-corrected chi connectivity index (χ3v) is 7.67. The first-order valence-corrected chi connectivity index (χ1v) is 11.3. The first-order valence-electron chi connectivity index (χ1n) is 9.50. The zero-order valence-corrected chi connectivity index (χ0v) is 16.1. The number of nitrogens with zero attached hydrogens (tertiary/aromatic N) is 4. The molecule has 7 heteroatoms. The molecule has 0 spiro atoms. The molecule has 5 rings (SSSR count). The fourth-order valence-corrected chi connectivity index (χ4v) is 6.53. The van der Waals surface area contributed by atoms with E-state index in [9.17, 15) is 0 Å². The van der Waals surface area contributed by atoms with Crippen molar-refractivity contribution in [1.82, 2.24) is 19.6 Å². The standard InChI is InChI=1S/C18H23N5S2/c1-4-8-22(9-5-1)10-11-24-18-21-17-15(16-19-12-20-23(16)18)13-6-2-3-7-14(13)25-17/h12H,1-11H2/p+1. The summed E-state index contributed by atoms with van der Waals surface area (Å²) in [7, 11) is 0. The Morgan fingerprint density at radius 1 is 1.12 bits per heavy atom. The van der Waals surface area contributed by atoms with Gasteiger partial charge in [0.05, 0.1) is 30.8 Å². The zero-order chi connectivity index (χ0) is 16.6. The lowest BCUT2D eigenvalue weighted by Gasteiger charge is -2.23. The molecule has 1 aliphatic carbocycles. The van der Waals surface area contributed by atoms with Crippen molar-refractivity contribution < 1.29 is 4.90 Å². The van der Waals surface area contributed by atoms with Gasteiger partial charge in [-0.1, -0.05) is 11.8 Å². The summed E-state index contributed by atoms with van der Waals surface area (Å²) in [6.07, 6.45) is 10.8. The van der Waals surface area contributed by atoms with Gasteiger partial charge in [-0.3, -0.25) is 0 Å². The van der Waals surface area contributed by atoms with Crippen molar-refractivity contribution in [1.29, 1.82) is 0 Å². The average molecular weight is 375 g/mol. The van der Waals surface area contributed by atoms with Gasteiger partial charge < -0.3 is 4.90 Å². The van der Waals surface area contributed by atoms with Gasteiger partial charge in [0.15, 0.2) is 10.8 Å². The van der Waals surface area contributed by atoms with Crippen molar-refractivity contribution in [2.75, 3.05) is 25.4 Å². The fraction of sp³-hybridized carbons (Fsp3) is 0.611. The molecule has 0 atom stereocenters. The molecule has 0 unspecified atom stereocenters. The molecule has 1 aliphatic heterocycles. The van der Waals surface area contributed by atoms with E-state index in [2.05, 4.69) is 10.1 Å². The molecule has 0 saturated carbocycles. The monoisotopic (exact) mass is 374 g/mol. The summed E-state index contributed by atoms with van der Waals surface area (Å²) in [6, 6.07) is 0. The van der Waals surface area contributed by atoms with Crippen LogP contribution in [0.25, 0.3) is 15.9 Å². The van der Waals surface area contributed by atoms with Crippen LogP contribution < -0.4 is 4.90 Å². The second-order valence-corrected chi connectivity index (χ2v) is 9.34. The van der Waals surface area contributed by atoms with E-state index < -0.39 is 0 Å². The predicted octanol–water partition coefficient (Wildman–Crippen LogP) is 2.38. The molecule has 1 N–H and O–H groups in total. The maximum Gasteiger partial charge on any atom is 0.192 e. The Morgan fingerprint density at radius 2 is 2.00 bits per heavy atom. The molecule has 0 bridgehead atoms. The van der Waals surface area contributed by atoms with Crippen molar-refractivity contribution in [2.24, 2.45) is 0 Å². The minimum atomic E-state index is 1.01. The van der Waals surface area contributed by atoms with Crippen molar-refractivity contribution in [3.05, 3.63) is 16.8 Å². The summed E-state index contributed by atoms with van der Waals surface area (Å²) in [6.45, 7) is 3.90. The van der Waals surface area contributed by atoms with Crippen LogP contribution in [-0.2, 0) is 12.8 Å². The number of aromatic nitrogens is 4. The van der Waals surface area contributed by atoms with Crippen LogP contribution in [0.2, 0.25) is 0 Å². The van der Waals surface area contributed by atoms with E-state index >= 15 is 0 Å². The molecule has 25 heavy (non-hydrogen) atoms. The van der Waals surface area contributed by atoms with Crippen molar-refractivity contribution in [3.63, 3.8) is 0 Å². The van der Waals surface area contributed by atoms with Gasteiger partial charge in [0.1, 0.15) is 11.2 Å². The molecular weight excluding hydrogens is 350 g/mol. The minimum Gasteiger partial charge on any atom is -0.334 e. The number of fused-ring (bicyclic) bond motifs is 5. The number of thioether (sulfide) groups is 1. The molecular formula is C18H24N5S2+. The molecule has 0 aromatic carbocycles. The van der Waals surface area contributed by atoms with Crippen molar-refractivity contribution in [3.8, 4) is 0 Å². The Labute approximate surface area is 155 Å². The highest BCUT2D eigenvalue weighted by Crippen LogP contribution is 2.38. The summed E-state index contributed by atoms with van der Waals surface area (Å²) in [5, 5.41) is 6.76. The molecule has 132 valence electrons. The molecule has 3 aromatic heterocycles. The minimum absolute atomic E-state index is 1.01. The third-order valence-electron chi connectivity index (χ3n) is 5.55. The lowest BCUT2D eigenvalue weighted by Crippen LogP contribution is -3.13. The van der Waals surface area contributed by atoms with Crippen LogP contribution in [0.1, 0.15) is 42.5 Å². The van der Waals surface area contributed by atoms with Crippen molar-refractivity contribution >= 4 is 39.0 Å². The first kappa shape index (κ1) is 16.0. The summed E-state index contributed by atoms with van der Waals surface area (Å²) >= 11 is 3.73. The van der Waals surface area contributed by atoms with E-state index in [0.29, 0.717) is 0 Å². The van der Waals surface area contributed by atoms with Gasteiger partial charge in [0.25, 0.3) is 0 Å². The van der Waals surface area contributed by atoms with Gasteiger partial charge in [-0.05, 0) is 50.5 Å². The van der Waals surface area contributed by atoms with Crippen molar-refractivity contribution in [2.45, 2.75) is 50.1 Å². The topological polar surface area (TPSA) is 47.5 Å². The Balaban J connectivity index is 1.44. The number of nitrogens with one attached hydrogen (secondary N) is 1. The summed E-state index contributed by atoms with van der Waals surface area (Å²) in [5.41, 5.74) is 2.50. The molecule has 5 nitrogen and oxygen atoms in total. The molecule has 0 radical (unpaired) electrons. The van der Waals surface area contributed by atoms with Crippen LogP contribution in [-0.4, -0.2) is 45.0 Å². The quantitative estimate of drug-likeness (QED) is 0.563. The SMILES string of the molecule is c1nc2c3c4c(sc3nc(SCC[NH+]3CCCCC3)n2n1)CCCC4. The molecule has 2 aliphatic rings. The summed E-state index contributed by atoms with van der Waals surface area (Å²) in [5.74, 6) is 1.11. The smallest absolute Gasteiger partial charge is 0.192 e. The van der Waals surface area contributed by atoms with Crippen LogP contribution in [0.3, 0.4) is 0 Å². The van der Waals surface area contributed by atoms with Crippen LogP contribution in [0.4, 0.5) is 0 Å². The number of hydrogen-bond donors (Lipinski definition) is 1. The number of quaternary nitrogens is 1. The zero-order valence-electron chi connectivity index (χ0n) is 14.5. The molecule has 0 amide bonds. The van der Waals surface area contributed by atoms with Gasteiger partial charge in [-0.25, -0.2) is 9.97 Å². The van der Waals surface area contributed by atoms with Crippen LogP contribution >= 0.6 is 23.1 Å². The largest absolute Gasteiger partial charge is 0.334 e. The molecule has 3 aromatic rings. The molecule has 1 saturated heterocycles. The van der Waals surface area contributed by atoms with E-state index in [4.69, 9.17) is 4.98 Å². The number of hydrogen-bond acceptors (Lipinski definition) is 5. The third kappa shape index (κ3) is 2.96. The first-order chi connectivity index (χ1) is 12.4. The second-order valence-electron chi connectivity index (χ2n) is 7.19. The highest BCUT2D eigenvalue weighted by molar-refractivity contribution is 7.99. The Kier molecular flexibility index (Phi) is 4.39. The Bertz CT molecular complexity index is 894. The van der Waals surface area contributed by atoms with E-state index in [0.717, 1.165) is 16.6 Å². The lowest BCUT2D eigenvalue weighted by atomic mass is 9.97. The Morgan fingerprint density at radius 3 is 2.92 bits per heavy atom. The van der Waals surface area contributed by atoms with Gasteiger partial charge in [0.2, 0.25) is 0 Å².